The molecule has 0 aliphatic rings. The lowest BCUT2D eigenvalue weighted by Gasteiger charge is -2.43. The second-order valence-corrected chi connectivity index (χ2v) is 8.73. The summed E-state index contributed by atoms with van der Waals surface area (Å²) in [5.41, 5.74) is 3.72. The molecule has 33 heavy (non-hydrogen) atoms. The molecule has 4 rings (SSSR count). The third-order valence-electron chi connectivity index (χ3n) is 6.53. The Morgan fingerprint density at radius 3 is 1.42 bits per heavy atom. The summed E-state index contributed by atoms with van der Waals surface area (Å²) in [7, 11) is 0. The Morgan fingerprint density at radius 2 is 1.00 bits per heavy atom. The van der Waals surface area contributed by atoms with Gasteiger partial charge in [-0.1, -0.05) is 128 Å². The lowest BCUT2D eigenvalue weighted by atomic mass is 9.79. The molecule has 1 N–H and O–H groups in total. The van der Waals surface area contributed by atoms with Crippen molar-refractivity contribution in [2.24, 2.45) is 0 Å². The van der Waals surface area contributed by atoms with E-state index in [-0.39, 0.29) is 6.04 Å². The van der Waals surface area contributed by atoms with Gasteiger partial charge in [0.05, 0.1) is 0 Å². The van der Waals surface area contributed by atoms with Crippen molar-refractivity contribution in [3.63, 3.8) is 0 Å². The fraction of sp³-hybridized carbons (Fsp3) is 0.226. The van der Waals surface area contributed by atoms with Crippen LogP contribution in [0.5, 0.6) is 0 Å². The van der Waals surface area contributed by atoms with Crippen molar-refractivity contribution >= 4 is 0 Å². The highest BCUT2D eigenvalue weighted by Gasteiger charge is 2.40. The first-order valence-electron chi connectivity index (χ1n) is 11.8. The highest BCUT2D eigenvalue weighted by Crippen LogP contribution is 2.35. The van der Waals surface area contributed by atoms with Crippen molar-refractivity contribution in [3.8, 4) is 0 Å². The van der Waals surface area contributed by atoms with Gasteiger partial charge in [0.1, 0.15) is 5.60 Å². The Bertz CT molecular complexity index is 1040. The normalized spacial score (nSPS) is 14.0. The molecular weight excluding hydrogens is 402 g/mol. The Kier molecular flexibility index (Phi) is 7.72. The van der Waals surface area contributed by atoms with E-state index in [9.17, 15) is 5.11 Å². The molecule has 2 nitrogen and oxygen atoms in total. The van der Waals surface area contributed by atoms with E-state index < -0.39 is 5.60 Å². The van der Waals surface area contributed by atoms with Crippen molar-refractivity contribution in [2.45, 2.75) is 44.5 Å². The third kappa shape index (κ3) is 5.78. The maximum Gasteiger partial charge on any atom is 0.105 e. The molecular formula is C31H33NO. The van der Waals surface area contributed by atoms with E-state index in [0.717, 1.165) is 25.1 Å². The summed E-state index contributed by atoms with van der Waals surface area (Å²) < 4.78 is 0. The molecule has 0 unspecified atom stereocenters. The molecule has 4 aromatic rings. The van der Waals surface area contributed by atoms with Gasteiger partial charge in [-0.15, -0.1) is 0 Å². The van der Waals surface area contributed by atoms with Crippen molar-refractivity contribution in [3.05, 3.63) is 144 Å². The van der Waals surface area contributed by atoms with Crippen LogP contribution in [-0.2, 0) is 25.1 Å². The molecule has 2 atom stereocenters. The van der Waals surface area contributed by atoms with Crippen LogP contribution in [0.15, 0.2) is 121 Å². The number of aliphatic hydroxyl groups is 1. The van der Waals surface area contributed by atoms with Crippen LogP contribution in [0, 0.1) is 0 Å². The van der Waals surface area contributed by atoms with E-state index in [0.29, 0.717) is 6.42 Å². The first-order valence-corrected chi connectivity index (χ1v) is 11.8. The van der Waals surface area contributed by atoms with Crippen LogP contribution < -0.4 is 0 Å². The van der Waals surface area contributed by atoms with Crippen LogP contribution in [0.1, 0.15) is 35.6 Å². The summed E-state index contributed by atoms with van der Waals surface area (Å²) >= 11 is 0. The van der Waals surface area contributed by atoms with Crippen LogP contribution in [-0.4, -0.2) is 16.0 Å². The summed E-state index contributed by atoms with van der Waals surface area (Å²) in [6, 6.07) is 41.8. The lowest BCUT2D eigenvalue weighted by Crippen LogP contribution is -2.51. The molecule has 0 spiro atoms. The predicted molar refractivity (Wildman–Crippen MR) is 137 cm³/mol. The van der Waals surface area contributed by atoms with E-state index in [1.54, 1.807) is 0 Å². The fourth-order valence-corrected chi connectivity index (χ4v) is 4.71. The van der Waals surface area contributed by atoms with Gasteiger partial charge in [0.2, 0.25) is 0 Å². The van der Waals surface area contributed by atoms with E-state index >= 15 is 0 Å². The minimum atomic E-state index is -0.985. The fourth-order valence-electron chi connectivity index (χ4n) is 4.71. The Labute approximate surface area is 198 Å². The smallest absolute Gasteiger partial charge is 0.105 e. The minimum Gasteiger partial charge on any atom is -0.384 e. The van der Waals surface area contributed by atoms with Crippen LogP contribution in [0.4, 0.5) is 0 Å². The predicted octanol–water partition coefficient (Wildman–Crippen LogP) is 6.60. The molecule has 0 saturated carbocycles. The average Bonchev–Trinajstić information content (AvgIpc) is 2.89. The van der Waals surface area contributed by atoms with Gasteiger partial charge < -0.3 is 5.11 Å². The van der Waals surface area contributed by atoms with Crippen LogP contribution >= 0.6 is 0 Å². The second kappa shape index (κ2) is 11.1. The van der Waals surface area contributed by atoms with Gasteiger partial charge >= 0.3 is 0 Å². The Morgan fingerprint density at radius 1 is 0.606 bits per heavy atom. The summed E-state index contributed by atoms with van der Waals surface area (Å²) in [6.45, 7) is 3.62. The molecule has 0 fully saturated rings. The SMILES string of the molecule is CC[C@@](O)(c1ccccc1)[C@H](Cc1ccccc1)N(Cc1ccccc1)Cc1ccccc1. The molecule has 168 valence electrons. The molecule has 0 aromatic heterocycles. The number of nitrogens with zero attached hydrogens (tertiary/aromatic N) is 1. The zero-order valence-electron chi connectivity index (χ0n) is 19.3. The molecule has 2 heteroatoms. The number of benzene rings is 4. The summed E-state index contributed by atoms with van der Waals surface area (Å²) in [6.07, 6.45) is 1.40. The summed E-state index contributed by atoms with van der Waals surface area (Å²) in [5.74, 6) is 0. The maximum absolute atomic E-state index is 12.3. The van der Waals surface area contributed by atoms with Crippen molar-refractivity contribution in [2.75, 3.05) is 0 Å². The quantitative estimate of drug-likeness (QED) is 0.303. The summed E-state index contributed by atoms with van der Waals surface area (Å²) in [5, 5.41) is 12.3. The van der Waals surface area contributed by atoms with Crippen LogP contribution in [0.2, 0.25) is 0 Å². The topological polar surface area (TPSA) is 23.5 Å². The monoisotopic (exact) mass is 435 g/mol. The Hall–Kier alpha value is -3.20. The average molecular weight is 436 g/mol. The minimum absolute atomic E-state index is 0.104. The first kappa shape index (κ1) is 23.0. The van der Waals surface area contributed by atoms with E-state index in [4.69, 9.17) is 0 Å². The van der Waals surface area contributed by atoms with Crippen molar-refractivity contribution in [1.29, 1.82) is 0 Å². The number of hydrogen-bond acceptors (Lipinski definition) is 2. The largest absolute Gasteiger partial charge is 0.384 e. The molecule has 0 aliphatic carbocycles. The molecule has 0 heterocycles. The zero-order valence-corrected chi connectivity index (χ0v) is 19.3. The van der Waals surface area contributed by atoms with Gasteiger partial charge in [-0.05, 0) is 35.1 Å². The van der Waals surface area contributed by atoms with Crippen LogP contribution in [0.25, 0.3) is 0 Å². The molecule has 0 bridgehead atoms. The second-order valence-electron chi connectivity index (χ2n) is 8.73. The van der Waals surface area contributed by atoms with E-state index in [1.807, 2.05) is 24.3 Å². The standard InChI is InChI=1S/C31H33NO/c1-2-31(33,29-21-13-6-14-22-29)30(23-26-15-7-3-8-16-26)32(24-27-17-9-4-10-18-27)25-28-19-11-5-12-20-28/h3-22,30,33H,2,23-25H2,1H3/t30-,31+/m0/s1. The molecule has 0 saturated heterocycles. The van der Waals surface area contributed by atoms with E-state index in [1.165, 1.54) is 16.7 Å². The Balaban J connectivity index is 1.79. The van der Waals surface area contributed by atoms with Crippen molar-refractivity contribution < 1.29 is 5.11 Å². The molecule has 0 amide bonds. The highest BCUT2D eigenvalue weighted by molar-refractivity contribution is 5.28. The number of rotatable bonds is 10. The lowest BCUT2D eigenvalue weighted by molar-refractivity contribution is -0.0628. The van der Waals surface area contributed by atoms with Gasteiger partial charge in [0, 0.05) is 19.1 Å². The van der Waals surface area contributed by atoms with Gasteiger partial charge in [0.25, 0.3) is 0 Å². The van der Waals surface area contributed by atoms with Crippen molar-refractivity contribution in [1.82, 2.24) is 4.90 Å². The van der Waals surface area contributed by atoms with Gasteiger partial charge in [-0.2, -0.15) is 0 Å². The highest BCUT2D eigenvalue weighted by atomic mass is 16.3. The zero-order chi connectivity index (χ0) is 22.9. The first-order chi connectivity index (χ1) is 16.2. The van der Waals surface area contributed by atoms with Gasteiger partial charge in [-0.25, -0.2) is 0 Å². The third-order valence-corrected chi connectivity index (χ3v) is 6.53. The molecule has 0 aliphatic heterocycles. The maximum atomic E-state index is 12.3. The van der Waals surface area contributed by atoms with Crippen LogP contribution in [0.3, 0.4) is 0 Å². The molecule has 4 aromatic carbocycles. The number of hydrogen-bond donors (Lipinski definition) is 1. The van der Waals surface area contributed by atoms with Gasteiger partial charge in [-0.3, -0.25) is 4.90 Å². The van der Waals surface area contributed by atoms with Gasteiger partial charge in [0.15, 0.2) is 0 Å². The summed E-state index contributed by atoms with van der Waals surface area (Å²) in [4.78, 5) is 2.45. The van der Waals surface area contributed by atoms with E-state index in [2.05, 4.69) is 109 Å². The molecule has 0 radical (unpaired) electrons.